The molecule has 0 saturated heterocycles. The third-order valence-corrected chi connectivity index (χ3v) is 4.54. The Hall–Kier alpha value is -0.800. The first kappa shape index (κ1) is 16.6. The van der Waals surface area contributed by atoms with E-state index in [4.69, 9.17) is 11.6 Å². The highest BCUT2D eigenvalue weighted by Crippen LogP contribution is 2.30. The summed E-state index contributed by atoms with van der Waals surface area (Å²) in [6.45, 7) is 7.22. The second-order valence-corrected chi connectivity index (χ2v) is 6.31. The molecule has 1 saturated carbocycles. The molecule has 1 aliphatic carbocycles. The minimum Gasteiger partial charge on any atom is -0.353 e. The van der Waals surface area contributed by atoms with E-state index in [1.54, 1.807) is 0 Å². The summed E-state index contributed by atoms with van der Waals surface area (Å²) in [4.78, 5) is 7.05. The van der Waals surface area contributed by atoms with E-state index in [0.717, 1.165) is 42.5 Å². The molecule has 0 aromatic carbocycles. The van der Waals surface area contributed by atoms with Crippen LogP contribution in [0.4, 0.5) is 5.82 Å². The highest BCUT2D eigenvalue weighted by molar-refractivity contribution is 6.33. The van der Waals surface area contributed by atoms with Crippen molar-refractivity contribution in [2.24, 2.45) is 0 Å². The molecule has 21 heavy (non-hydrogen) atoms. The second-order valence-electron chi connectivity index (χ2n) is 5.90. The maximum absolute atomic E-state index is 6.50. The highest BCUT2D eigenvalue weighted by Gasteiger charge is 2.22. The molecule has 0 unspecified atom stereocenters. The summed E-state index contributed by atoms with van der Waals surface area (Å²) >= 11 is 6.50. The van der Waals surface area contributed by atoms with E-state index in [1.807, 2.05) is 6.20 Å². The van der Waals surface area contributed by atoms with Crippen molar-refractivity contribution in [1.82, 2.24) is 10.3 Å². The van der Waals surface area contributed by atoms with Crippen molar-refractivity contribution in [3.05, 3.63) is 22.8 Å². The third-order valence-electron chi connectivity index (χ3n) is 4.26. The summed E-state index contributed by atoms with van der Waals surface area (Å²) in [5.74, 6) is 0.963. The standard InChI is InChI=1S/C17H28ClN3/c1-3-10-19-12-14-11-16(18)17(20-13-14)21(4-2)15-8-6-5-7-9-15/h11,13,15,19H,3-10,12H2,1-2H3. The third kappa shape index (κ3) is 4.58. The first-order valence-electron chi connectivity index (χ1n) is 8.38. The van der Waals surface area contributed by atoms with Crippen molar-refractivity contribution in [3.63, 3.8) is 0 Å². The second kappa shape index (κ2) is 8.60. The molecule has 1 heterocycles. The van der Waals surface area contributed by atoms with Gasteiger partial charge >= 0.3 is 0 Å². The number of rotatable bonds is 7. The summed E-state index contributed by atoms with van der Waals surface area (Å²) in [6.07, 6.45) is 9.68. The molecular weight excluding hydrogens is 282 g/mol. The highest BCUT2D eigenvalue weighted by atomic mass is 35.5. The number of halogens is 1. The fraction of sp³-hybridized carbons (Fsp3) is 0.706. The number of anilines is 1. The Morgan fingerprint density at radius 3 is 2.67 bits per heavy atom. The minimum atomic E-state index is 0.609. The van der Waals surface area contributed by atoms with Crippen LogP contribution in [-0.2, 0) is 6.54 Å². The van der Waals surface area contributed by atoms with Crippen LogP contribution in [0.5, 0.6) is 0 Å². The fourth-order valence-corrected chi connectivity index (χ4v) is 3.46. The van der Waals surface area contributed by atoms with Crippen molar-refractivity contribution >= 4 is 17.4 Å². The normalized spacial score (nSPS) is 16.1. The van der Waals surface area contributed by atoms with Crippen molar-refractivity contribution in [2.45, 2.75) is 65.0 Å². The average molecular weight is 310 g/mol. The van der Waals surface area contributed by atoms with Gasteiger partial charge in [-0.3, -0.25) is 0 Å². The Morgan fingerprint density at radius 2 is 2.05 bits per heavy atom. The molecule has 2 rings (SSSR count). The van der Waals surface area contributed by atoms with Crippen molar-refractivity contribution in [1.29, 1.82) is 0 Å². The van der Waals surface area contributed by atoms with E-state index >= 15 is 0 Å². The number of hydrogen-bond donors (Lipinski definition) is 1. The van der Waals surface area contributed by atoms with Gasteiger partial charge in [-0.1, -0.05) is 37.8 Å². The Balaban J connectivity index is 2.06. The maximum Gasteiger partial charge on any atom is 0.147 e. The predicted octanol–water partition coefficient (Wildman–Crippen LogP) is 4.39. The minimum absolute atomic E-state index is 0.609. The van der Waals surface area contributed by atoms with Crippen molar-refractivity contribution in [3.8, 4) is 0 Å². The topological polar surface area (TPSA) is 28.2 Å². The van der Waals surface area contributed by atoms with E-state index in [2.05, 4.69) is 35.1 Å². The van der Waals surface area contributed by atoms with Gasteiger partial charge < -0.3 is 10.2 Å². The Labute approximate surface area is 134 Å². The van der Waals surface area contributed by atoms with E-state index in [1.165, 1.54) is 32.1 Å². The molecule has 4 heteroatoms. The number of nitrogens with one attached hydrogen (secondary N) is 1. The summed E-state index contributed by atoms with van der Waals surface area (Å²) in [5.41, 5.74) is 1.16. The van der Waals surface area contributed by atoms with Crippen LogP contribution >= 0.6 is 11.6 Å². The van der Waals surface area contributed by atoms with Gasteiger partial charge in [-0.2, -0.15) is 0 Å². The monoisotopic (exact) mass is 309 g/mol. The molecule has 1 aromatic heterocycles. The van der Waals surface area contributed by atoms with Gasteiger partial charge in [0.05, 0.1) is 5.02 Å². The Bertz CT molecular complexity index is 430. The van der Waals surface area contributed by atoms with Crippen molar-refractivity contribution < 1.29 is 0 Å². The average Bonchev–Trinajstić information content (AvgIpc) is 2.51. The number of hydrogen-bond acceptors (Lipinski definition) is 3. The lowest BCUT2D eigenvalue weighted by molar-refractivity contribution is 0.416. The van der Waals surface area contributed by atoms with Gasteiger partial charge in [-0.15, -0.1) is 0 Å². The molecule has 0 bridgehead atoms. The first-order valence-corrected chi connectivity index (χ1v) is 8.75. The van der Waals surface area contributed by atoms with Crippen LogP contribution in [0.1, 0.15) is 57.9 Å². The zero-order valence-electron chi connectivity index (χ0n) is 13.4. The summed E-state index contributed by atoms with van der Waals surface area (Å²) in [5, 5.41) is 4.18. The smallest absolute Gasteiger partial charge is 0.147 e. The molecular formula is C17H28ClN3. The van der Waals surface area contributed by atoms with Gasteiger partial charge in [-0.05, 0) is 44.4 Å². The summed E-state index contributed by atoms with van der Waals surface area (Å²) in [6, 6.07) is 2.68. The van der Waals surface area contributed by atoms with Gasteiger partial charge in [0.2, 0.25) is 0 Å². The van der Waals surface area contributed by atoms with Crippen LogP contribution in [0.25, 0.3) is 0 Å². The van der Waals surface area contributed by atoms with Crippen LogP contribution in [0.15, 0.2) is 12.3 Å². The van der Waals surface area contributed by atoms with E-state index < -0.39 is 0 Å². The lowest BCUT2D eigenvalue weighted by Crippen LogP contribution is -2.37. The van der Waals surface area contributed by atoms with Gasteiger partial charge in [-0.25, -0.2) is 4.98 Å². The Morgan fingerprint density at radius 1 is 1.29 bits per heavy atom. The van der Waals surface area contributed by atoms with Gasteiger partial charge in [0, 0.05) is 25.3 Å². The fourth-order valence-electron chi connectivity index (χ4n) is 3.16. The number of aromatic nitrogens is 1. The lowest BCUT2D eigenvalue weighted by Gasteiger charge is -2.35. The SMILES string of the molecule is CCCNCc1cnc(N(CC)C2CCCCC2)c(Cl)c1. The first-order chi connectivity index (χ1) is 10.3. The molecule has 0 aliphatic heterocycles. The molecule has 0 spiro atoms. The summed E-state index contributed by atoms with van der Waals surface area (Å²) < 4.78 is 0. The molecule has 118 valence electrons. The van der Waals surface area contributed by atoms with Crippen LogP contribution in [0.2, 0.25) is 5.02 Å². The zero-order chi connectivity index (χ0) is 15.1. The Kier molecular flexibility index (Phi) is 6.78. The molecule has 1 aromatic rings. The molecule has 1 fully saturated rings. The largest absolute Gasteiger partial charge is 0.353 e. The molecule has 0 atom stereocenters. The van der Waals surface area contributed by atoms with E-state index in [9.17, 15) is 0 Å². The predicted molar refractivity (Wildman–Crippen MR) is 91.1 cm³/mol. The molecule has 3 nitrogen and oxygen atoms in total. The van der Waals surface area contributed by atoms with Crippen molar-refractivity contribution in [2.75, 3.05) is 18.0 Å². The zero-order valence-corrected chi connectivity index (χ0v) is 14.1. The van der Waals surface area contributed by atoms with Crippen LogP contribution in [-0.4, -0.2) is 24.1 Å². The summed E-state index contributed by atoms with van der Waals surface area (Å²) in [7, 11) is 0. The molecule has 1 aliphatic rings. The van der Waals surface area contributed by atoms with Gasteiger partial charge in [0.15, 0.2) is 0 Å². The quantitative estimate of drug-likeness (QED) is 0.757. The number of pyridine rings is 1. The van der Waals surface area contributed by atoms with Crippen LogP contribution in [0.3, 0.4) is 0 Å². The van der Waals surface area contributed by atoms with E-state index in [0.29, 0.717) is 6.04 Å². The lowest BCUT2D eigenvalue weighted by atomic mass is 9.94. The van der Waals surface area contributed by atoms with Crippen LogP contribution < -0.4 is 10.2 Å². The number of nitrogens with zero attached hydrogens (tertiary/aromatic N) is 2. The molecule has 1 N–H and O–H groups in total. The van der Waals surface area contributed by atoms with Gasteiger partial charge in [0.1, 0.15) is 5.82 Å². The molecule has 0 amide bonds. The maximum atomic E-state index is 6.50. The van der Waals surface area contributed by atoms with Crippen LogP contribution in [0, 0.1) is 0 Å². The molecule has 0 radical (unpaired) electrons. The van der Waals surface area contributed by atoms with Gasteiger partial charge in [0.25, 0.3) is 0 Å². The van der Waals surface area contributed by atoms with E-state index in [-0.39, 0.29) is 0 Å².